The summed E-state index contributed by atoms with van der Waals surface area (Å²) in [5, 5.41) is 0.857. The Labute approximate surface area is 96.6 Å². The molecule has 0 heterocycles. The average molecular weight is 221 g/mol. The van der Waals surface area contributed by atoms with E-state index in [4.69, 9.17) is 11.6 Å². The Hall–Kier alpha value is -0.490. The van der Waals surface area contributed by atoms with E-state index in [2.05, 4.69) is 12.1 Å². The maximum atomic E-state index is 5.91. The van der Waals surface area contributed by atoms with Gasteiger partial charge in [-0.1, -0.05) is 23.7 Å². The van der Waals surface area contributed by atoms with Crippen LogP contribution in [0.3, 0.4) is 0 Å². The summed E-state index contributed by atoms with van der Waals surface area (Å²) in [5.41, 5.74) is 1.50. The van der Waals surface area contributed by atoms with Crippen molar-refractivity contribution in [2.24, 2.45) is 11.8 Å². The summed E-state index contributed by atoms with van der Waals surface area (Å²) in [7, 11) is 0. The third kappa shape index (κ3) is 2.06. The highest BCUT2D eigenvalue weighted by molar-refractivity contribution is 6.30. The number of hydrogen-bond donors (Lipinski definition) is 0. The minimum Gasteiger partial charge on any atom is -0.0843 e. The molecular formula is C14H17Cl. The lowest BCUT2D eigenvalue weighted by Gasteiger charge is -2.11. The first-order chi connectivity index (χ1) is 7.33. The van der Waals surface area contributed by atoms with Crippen molar-refractivity contribution in [1.29, 1.82) is 0 Å². The molecule has 0 saturated heterocycles. The quantitative estimate of drug-likeness (QED) is 0.682. The van der Waals surface area contributed by atoms with Gasteiger partial charge in [0.2, 0.25) is 0 Å². The van der Waals surface area contributed by atoms with Crippen molar-refractivity contribution in [3.05, 3.63) is 34.9 Å². The lowest BCUT2D eigenvalue weighted by Crippen LogP contribution is -1.97. The Balaban J connectivity index is 1.70. The topological polar surface area (TPSA) is 0 Å². The molecule has 2 unspecified atom stereocenters. The third-order valence-electron chi connectivity index (χ3n) is 4.10. The lowest BCUT2D eigenvalue weighted by atomic mass is 9.95. The number of benzene rings is 1. The van der Waals surface area contributed by atoms with Gasteiger partial charge in [-0.2, -0.15) is 0 Å². The molecule has 1 aromatic carbocycles. The molecular weight excluding hydrogens is 204 g/mol. The molecule has 80 valence electrons. The van der Waals surface area contributed by atoms with Crippen LogP contribution < -0.4 is 0 Å². The van der Waals surface area contributed by atoms with Gasteiger partial charge < -0.3 is 0 Å². The van der Waals surface area contributed by atoms with Crippen LogP contribution in [0.15, 0.2) is 24.3 Å². The van der Waals surface area contributed by atoms with Gasteiger partial charge in [0, 0.05) is 5.02 Å². The smallest absolute Gasteiger partial charge is 0.0406 e. The van der Waals surface area contributed by atoms with Crippen molar-refractivity contribution >= 4 is 11.6 Å². The fourth-order valence-electron chi connectivity index (χ4n) is 3.05. The van der Waals surface area contributed by atoms with Crippen molar-refractivity contribution in [1.82, 2.24) is 0 Å². The molecule has 0 spiro atoms. The molecule has 15 heavy (non-hydrogen) atoms. The zero-order valence-electron chi connectivity index (χ0n) is 8.95. The van der Waals surface area contributed by atoms with Crippen LogP contribution in [0.25, 0.3) is 0 Å². The van der Waals surface area contributed by atoms with Crippen LogP contribution in [-0.4, -0.2) is 0 Å². The molecule has 2 aliphatic rings. The van der Waals surface area contributed by atoms with Crippen LogP contribution in [0.2, 0.25) is 5.02 Å². The Bertz CT molecular complexity index is 337. The number of halogens is 1. The van der Waals surface area contributed by atoms with Gasteiger partial charge in [0.1, 0.15) is 0 Å². The van der Waals surface area contributed by atoms with Gasteiger partial charge >= 0.3 is 0 Å². The second-order valence-corrected chi connectivity index (χ2v) is 5.60. The van der Waals surface area contributed by atoms with E-state index in [1.54, 1.807) is 0 Å². The maximum Gasteiger partial charge on any atom is 0.0406 e. The monoisotopic (exact) mass is 220 g/mol. The second-order valence-electron chi connectivity index (χ2n) is 5.16. The zero-order chi connectivity index (χ0) is 10.3. The van der Waals surface area contributed by atoms with E-state index in [-0.39, 0.29) is 0 Å². The molecule has 0 bridgehead atoms. The van der Waals surface area contributed by atoms with E-state index in [9.17, 15) is 0 Å². The molecule has 0 nitrogen and oxygen atoms in total. The molecule has 2 saturated carbocycles. The third-order valence-corrected chi connectivity index (χ3v) is 4.36. The van der Waals surface area contributed by atoms with E-state index < -0.39 is 0 Å². The summed E-state index contributed by atoms with van der Waals surface area (Å²) >= 11 is 5.91. The molecule has 0 aliphatic heterocycles. The van der Waals surface area contributed by atoms with Crippen LogP contribution in [0.5, 0.6) is 0 Å². The van der Waals surface area contributed by atoms with E-state index in [1.165, 1.54) is 37.7 Å². The van der Waals surface area contributed by atoms with Gasteiger partial charge in [-0.15, -0.1) is 0 Å². The van der Waals surface area contributed by atoms with Crippen molar-refractivity contribution in [2.45, 2.75) is 38.0 Å². The minimum atomic E-state index is 0.813. The standard InChI is InChI=1S/C14H17Cl/c15-14-7-5-11(6-8-14)13-4-3-12(9-13)10-1-2-10/h5-8,10,12-13H,1-4,9H2. The molecule has 1 aromatic rings. The molecule has 2 fully saturated rings. The largest absolute Gasteiger partial charge is 0.0843 e. The Kier molecular flexibility index (Phi) is 2.48. The first-order valence-corrected chi connectivity index (χ1v) is 6.46. The fourth-order valence-corrected chi connectivity index (χ4v) is 3.18. The molecule has 2 atom stereocenters. The highest BCUT2D eigenvalue weighted by Crippen LogP contribution is 2.49. The molecule has 2 aliphatic carbocycles. The van der Waals surface area contributed by atoms with E-state index in [1.807, 2.05) is 12.1 Å². The van der Waals surface area contributed by atoms with Gasteiger partial charge in [0.15, 0.2) is 0 Å². The minimum absolute atomic E-state index is 0.813. The number of hydrogen-bond acceptors (Lipinski definition) is 0. The summed E-state index contributed by atoms with van der Waals surface area (Å²) in [6.07, 6.45) is 7.27. The highest BCUT2D eigenvalue weighted by atomic mass is 35.5. The summed E-state index contributed by atoms with van der Waals surface area (Å²) in [4.78, 5) is 0. The van der Waals surface area contributed by atoms with Crippen molar-refractivity contribution in [3.8, 4) is 0 Å². The van der Waals surface area contributed by atoms with Gasteiger partial charge in [0.05, 0.1) is 0 Å². The van der Waals surface area contributed by atoms with Crippen molar-refractivity contribution in [2.75, 3.05) is 0 Å². The van der Waals surface area contributed by atoms with E-state index >= 15 is 0 Å². The van der Waals surface area contributed by atoms with Crippen LogP contribution >= 0.6 is 11.6 Å². The lowest BCUT2D eigenvalue weighted by molar-refractivity contribution is 0.472. The normalized spacial score (nSPS) is 30.7. The van der Waals surface area contributed by atoms with E-state index in [0.717, 1.165) is 22.8 Å². The van der Waals surface area contributed by atoms with Crippen LogP contribution in [-0.2, 0) is 0 Å². The first-order valence-electron chi connectivity index (χ1n) is 6.08. The molecule has 0 N–H and O–H groups in total. The molecule has 0 amide bonds. The van der Waals surface area contributed by atoms with Gasteiger partial charge in [-0.25, -0.2) is 0 Å². The summed E-state index contributed by atoms with van der Waals surface area (Å²) in [6.45, 7) is 0. The van der Waals surface area contributed by atoms with Crippen LogP contribution in [0.1, 0.15) is 43.6 Å². The molecule has 1 heteroatoms. The maximum absolute atomic E-state index is 5.91. The Morgan fingerprint density at radius 3 is 2.20 bits per heavy atom. The van der Waals surface area contributed by atoms with Gasteiger partial charge in [-0.05, 0) is 67.6 Å². The van der Waals surface area contributed by atoms with E-state index in [0.29, 0.717) is 0 Å². The predicted octanol–water partition coefficient (Wildman–Crippen LogP) is 4.63. The van der Waals surface area contributed by atoms with Crippen molar-refractivity contribution in [3.63, 3.8) is 0 Å². The fraction of sp³-hybridized carbons (Fsp3) is 0.571. The highest BCUT2D eigenvalue weighted by Gasteiger charge is 2.36. The molecule has 3 rings (SSSR count). The van der Waals surface area contributed by atoms with Gasteiger partial charge in [0.25, 0.3) is 0 Å². The summed E-state index contributed by atoms with van der Waals surface area (Å²) in [5.74, 6) is 2.93. The first kappa shape index (κ1) is 9.72. The Morgan fingerprint density at radius 2 is 1.53 bits per heavy atom. The molecule has 0 aromatic heterocycles. The zero-order valence-corrected chi connectivity index (χ0v) is 9.71. The second kappa shape index (κ2) is 3.83. The van der Waals surface area contributed by atoms with Crippen LogP contribution in [0, 0.1) is 11.8 Å². The van der Waals surface area contributed by atoms with Crippen molar-refractivity contribution < 1.29 is 0 Å². The molecule has 0 radical (unpaired) electrons. The van der Waals surface area contributed by atoms with Crippen LogP contribution in [0.4, 0.5) is 0 Å². The summed E-state index contributed by atoms with van der Waals surface area (Å²) < 4.78 is 0. The average Bonchev–Trinajstić information content (AvgIpc) is 2.99. The van der Waals surface area contributed by atoms with Gasteiger partial charge in [-0.3, -0.25) is 0 Å². The SMILES string of the molecule is Clc1ccc(C2CCC(C3CC3)C2)cc1. The Morgan fingerprint density at radius 1 is 0.867 bits per heavy atom. The summed E-state index contributed by atoms with van der Waals surface area (Å²) in [6, 6.07) is 8.48. The predicted molar refractivity (Wildman–Crippen MR) is 64.3 cm³/mol. The number of rotatable bonds is 2.